The minimum absolute atomic E-state index is 0. The van der Waals surface area contributed by atoms with Gasteiger partial charge in [-0.25, -0.2) is 14.4 Å². The molecule has 2 aromatic rings. The fourth-order valence-electron chi connectivity index (χ4n) is 10.8. The van der Waals surface area contributed by atoms with Crippen molar-refractivity contribution in [3.8, 4) is 0 Å². The Morgan fingerprint density at radius 1 is 0.621 bits per heavy atom. The summed E-state index contributed by atoms with van der Waals surface area (Å²) in [6.45, 7) is 30.7. The van der Waals surface area contributed by atoms with Crippen LogP contribution in [-0.4, -0.2) is 118 Å². The lowest BCUT2D eigenvalue weighted by molar-refractivity contribution is -0.341. The highest BCUT2D eigenvalue weighted by Gasteiger charge is 2.58. The molecule has 0 aliphatic carbocycles. The molecule has 4 rings (SSSR count). The first-order valence-electron chi connectivity index (χ1n) is 30.5. The number of hydrogen-bond acceptors (Lipinski definition) is 14. The van der Waals surface area contributed by atoms with E-state index in [4.69, 9.17) is 23.9 Å². The number of rotatable bonds is 28. The molecule has 87 heavy (non-hydrogen) atoms. The zero-order valence-electron chi connectivity index (χ0n) is 54.0. The minimum Gasteiger partial charge on any atom is -0.465 e. The summed E-state index contributed by atoms with van der Waals surface area (Å²) in [7, 11) is 0. The van der Waals surface area contributed by atoms with E-state index in [9.17, 15) is 55.1 Å². The first kappa shape index (κ1) is 79.8. The monoisotopic (exact) mass is 1240 g/mol. The number of halogens is 6. The number of alkyl halides is 6. The summed E-state index contributed by atoms with van der Waals surface area (Å²) in [5, 5.41) is 3.64. The number of unbranched alkanes of at least 4 members (excludes halogenated alkanes) is 2. The van der Waals surface area contributed by atoms with Gasteiger partial charge in [0.1, 0.15) is 11.6 Å². The predicted molar refractivity (Wildman–Crippen MR) is 325 cm³/mol. The number of esters is 4. The van der Waals surface area contributed by atoms with E-state index in [0.29, 0.717) is 38.7 Å². The van der Waals surface area contributed by atoms with Gasteiger partial charge < -0.3 is 18.9 Å². The van der Waals surface area contributed by atoms with Gasteiger partial charge in [0.25, 0.3) is 0 Å². The number of hydrogen-bond donors (Lipinski definition) is 0. The number of benzene rings is 2. The lowest BCUT2D eigenvalue weighted by Gasteiger charge is -2.57. The van der Waals surface area contributed by atoms with Crippen molar-refractivity contribution in [3.05, 3.63) is 83.9 Å². The summed E-state index contributed by atoms with van der Waals surface area (Å²) in [5.41, 5.74) is -2.59. The van der Waals surface area contributed by atoms with Crippen LogP contribution in [0.5, 0.6) is 0 Å². The number of ketones is 2. The SMILES string of the molecule is C.C=C(C)C(=O)OCC(F)(F)F.CCCCOC(=O)C(CC(C)c1ccccc1)CC(C)(ON1C(C)(CC)CC(=O)C(C)C1(C)CC)C(=O)OCC(F)(F)F.CCCCOC(=O)C(CC(C)c1ccccc1)ON1C(C)(CC)CC(=O)C(C)C1(C)CC. The number of Topliss-reactive ketones (excluding diaryl/α,β-unsaturated/α-hetero) is 2. The Kier molecular flexibility index (Phi) is 32.4. The van der Waals surface area contributed by atoms with Crippen LogP contribution in [0, 0.1) is 17.8 Å². The van der Waals surface area contributed by atoms with Gasteiger partial charge in [0.2, 0.25) is 0 Å². The van der Waals surface area contributed by atoms with Gasteiger partial charge in [0.05, 0.1) is 41.3 Å². The quantitative estimate of drug-likeness (QED) is 0.0260. The molecule has 0 saturated carbocycles. The minimum atomic E-state index is -4.75. The van der Waals surface area contributed by atoms with Gasteiger partial charge in [-0.05, 0) is 116 Å². The molecule has 0 bridgehead atoms. The normalized spacial score (nSPS) is 24.6. The van der Waals surface area contributed by atoms with Crippen LogP contribution in [0.1, 0.15) is 225 Å². The van der Waals surface area contributed by atoms with Crippen molar-refractivity contribution in [2.45, 2.75) is 260 Å². The molecule has 0 spiro atoms. The van der Waals surface area contributed by atoms with Crippen molar-refractivity contribution in [3.63, 3.8) is 0 Å². The Morgan fingerprint density at radius 3 is 1.43 bits per heavy atom. The molecule has 2 aromatic carbocycles. The zero-order chi connectivity index (χ0) is 65.6. The number of piperidine rings is 2. The molecular weight excluding hydrogens is 1140 g/mol. The van der Waals surface area contributed by atoms with E-state index in [1.165, 1.54) is 19.4 Å². The average Bonchev–Trinajstić information content (AvgIpc) is 1.08. The largest absolute Gasteiger partial charge is 0.465 e. The summed E-state index contributed by atoms with van der Waals surface area (Å²) in [5.74, 6) is -4.35. The topological polar surface area (TPSA) is 164 Å². The smallest absolute Gasteiger partial charge is 0.422 e. The lowest BCUT2D eigenvalue weighted by atomic mass is 9.70. The van der Waals surface area contributed by atoms with E-state index in [1.807, 2.05) is 102 Å². The molecule has 2 aliphatic rings. The van der Waals surface area contributed by atoms with E-state index >= 15 is 0 Å². The van der Waals surface area contributed by atoms with E-state index in [1.54, 1.807) is 12.0 Å². The number of hydroxylamine groups is 4. The lowest BCUT2D eigenvalue weighted by Crippen LogP contribution is -2.69. The highest BCUT2D eigenvalue weighted by atomic mass is 19.4. The molecule has 2 aliphatic heterocycles. The number of carbonyl (C=O) groups excluding carboxylic acids is 6. The van der Waals surface area contributed by atoms with Crippen molar-refractivity contribution >= 4 is 35.4 Å². The van der Waals surface area contributed by atoms with Crippen LogP contribution in [0.3, 0.4) is 0 Å². The van der Waals surface area contributed by atoms with Gasteiger partial charge in [-0.15, -0.1) is 0 Å². The molecular formula is C67H104F6N2O12. The molecule has 20 heteroatoms. The van der Waals surface area contributed by atoms with Crippen molar-refractivity contribution in [1.82, 2.24) is 10.1 Å². The van der Waals surface area contributed by atoms with Gasteiger partial charge in [-0.2, -0.15) is 36.5 Å². The Bertz CT molecular complexity index is 2480. The van der Waals surface area contributed by atoms with Crippen LogP contribution in [0.25, 0.3) is 0 Å². The van der Waals surface area contributed by atoms with Crippen molar-refractivity contribution in [2.75, 3.05) is 26.4 Å². The van der Waals surface area contributed by atoms with Gasteiger partial charge >= 0.3 is 36.2 Å². The molecule has 496 valence electrons. The summed E-state index contributed by atoms with van der Waals surface area (Å²) in [6, 6.07) is 19.7. The van der Waals surface area contributed by atoms with E-state index in [2.05, 4.69) is 65.0 Å². The Labute approximate surface area is 515 Å². The summed E-state index contributed by atoms with van der Waals surface area (Å²) in [4.78, 5) is 89.8. The number of carbonyl (C=O) groups is 6. The second kappa shape index (κ2) is 35.3. The predicted octanol–water partition coefficient (Wildman–Crippen LogP) is 15.9. The second-order valence-corrected chi connectivity index (χ2v) is 24.6. The van der Waals surface area contributed by atoms with E-state index < -0.39 is 89.2 Å². The third-order valence-electron chi connectivity index (χ3n) is 17.5. The van der Waals surface area contributed by atoms with E-state index in [0.717, 1.165) is 37.7 Å². The first-order chi connectivity index (χ1) is 39.9. The second-order valence-electron chi connectivity index (χ2n) is 24.6. The van der Waals surface area contributed by atoms with Gasteiger partial charge in [-0.1, -0.05) is 157 Å². The van der Waals surface area contributed by atoms with Crippen LogP contribution in [-0.2, 0) is 57.4 Å². The summed E-state index contributed by atoms with van der Waals surface area (Å²) in [6.07, 6.45) is -3.15. The average molecular weight is 1240 g/mol. The van der Waals surface area contributed by atoms with Crippen LogP contribution in [0.15, 0.2) is 72.8 Å². The van der Waals surface area contributed by atoms with Gasteiger partial charge in [0, 0.05) is 36.7 Å². The molecule has 11 atom stereocenters. The fraction of sp³-hybridized carbons (Fsp3) is 0.701. The highest BCUT2D eigenvalue weighted by Crippen LogP contribution is 2.48. The summed E-state index contributed by atoms with van der Waals surface area (Å²) >= 11 is 0. The molecule has 0 amide bonds. The van der Waals surface area contributed by atoms with Crippen molar-refractivity contribution in [1.29, 1.82) is 0 Å². The Morgan fingerprint density at radius 2 is 1.02 bits per heavy atom. The molecule has 0 radical (unpaired) electrons. The van der Waals surface area contributed by atoms with Crippen molar-refractivity contribution in [2.24, 2.45) is 17.8 Å². The van der Waals surface area contributed by atoms with Crippen molar-refractivity contribution < 1.29 is 83.7 Å². The highest BCUT2D eigenvalue weighted by molar-refractivity contribution is 5.87. The maximum absolute atomic E-state index is 13.6. The Balaban J connectivity index is 0.000000753. The van der Waals surface area contributed by atoms with Crippen LogP contribution >= 0.6 is 0 Å². The number of nitrogens with zero attached hydrogens (tertiary/aromatic N) is 2. The van der Waals surface area contributed by atoms with Gasteiger partial charge in [0.15, 0.2) is 24.9 Å². The molecule has 2 heterocycles. The maximum atomic E-state index is 13.6. The fourth-order valence-corrected chi connectivity index (χ4v) is 10.8. The van der Waals surface area contributed by atoms with Crippen LogP contribution in [0.4, 0.5) is 26.3 Å². The molecule has 2 saturated heterocycles. The maximum Gasteiger partial charge on any atom is 0.422 e. The first-order valence-corrected chi connectivity index (χ1v) is 30.5. The summed E-state index contributed by atoms with van der Waals surface area (Å²) < 4.78 is 93.5. The van der Waals surface area contributed by atoms with Crippen LogP contribution in [0.2, 0.25) is 0 Å². The molecule has 14 nitrogen and oxygen atoms in total. The Hall–Kier alpha value is -5.18. The molecule has 11 unspecified atom stereocenters. The van der Waals surface area contributed by atoms with E-state index in [-0.39, 0.29) is 74.2 Å². The molecule has 2 fully saturated rings. The molecule has 0 aromatic heterocycles. The number of ether oxygens (including phenoxy) is 4. The van der Waals surface area contributed by atoms with Gasteiger partial charge in [-0.3, -0.25) is 24.1 Å². The third kappa shape index (κ3) is 23.3. The molecule has 0 N–H and O–H groups in total. The zero-order valence-corrected chi connectivity index (χ0v) is 54.0. The standard InChI is InChI=1S/C33H50F3NO6.C27H43NO4.C6H7F3O2.CH4/c1-9-12-18-41-28(39)26(19-23(4)25-16-14-13-15-17-25)20-32(8,29(40)42-22-33(34,35)36)43-37-30(6,10-2)21-27(38)24(5)31(37,7)11-3;1-8-11-17-31-25(30)24(18-20(4)22-15-13-12-14-16-22)32-28-26(6,9-2)19-23(29)21(5)27(28,7)10-3;1-4(2)5(10)11-3-6(7,8)9;/h13-17,23-24,26H,9-12,18-22H2,1-8H3;12-16,20-21,24H,8-11,17-19H2,1-7H3;1,3H2,2H3;1H4. The third-order valence-corrected chi connectivity index (χ3v) is 17.5. The van der Waals surface area contributed by atoms with Crippen LogP contribution < -0.4 is 0 Å².